The van der Waals surface area contributed by atoms with Crippen molar-refractivity contribution in [1.82, 2.24) is 9.80 Å². The number of carbonyl (C=O) groups is 3. The van der Waals surface area contributed by atoms with Crippen LogP contribution in [0.5, 0.6) is 5.75 Å². The van der Waals surface area contributed by atoms with E-state index in [2.05, 4.69) is 0 Å². The second-order valence-electron chi connectivity index (χ2n) is 6.94. The third kappa shape index (κ3) is 6.51. The van der Waals surface area contributed by atoms with Crippen molar-refractivity contribution >= 4 is 41.0 Å². The van der Waals surface area contributed by atoms with E-state index >= 15 is 0 Å². The zero-order valence-corrected chi connectivity index (χ0v) is 18.3. The number of nitrogens with zero attached hydrogens (tertiary/aromatic N) is 2. The summed E-state index contributed by atoms with van der Waals surface area (Å²) in [6.07, 6.45) is 0.345. The number of amides is 2. The van der Waals surface area contributed by atoms with Crippen LogP contribution in [-0.4, -0.2) is 67.0 Å². The minimum atomic E-state index is -0.792. The van der Waals surface area contributed by atoms with E-state index in [-0.39, 0.29) is 30.2 Å². The third-order valence-corrected chi connectivity index (χ3v) is 5.51. The Morgan fingerprint density at radius 2 is 1.86 bits per heavy atom. The summed E-state index contributed by atoms with van der Waals surface area (Å²) in [4.78, 5) is 39.9. The third-order valence-electron chi connectivity index (χ3n) is 4.77. The first-order valence-electron chi connectivity index (χ1n) is 9.54. The zero-order valence-electron chi connectivity index (χ0n) is 16.8. The summed E-state index contributed by atoms with van der Waals surface area (Å²) in [5.41, 5.74) is 0. The molecule has 7 nitrogen and oxygen atoms in total. The van der Waals surface area contributed by atoms with Gasteiger partial charge in [0.15, 0.2) is 6.10 Å². The largest absolute Gasteiger partial charge is 0.481 e. The highest BCUT2D eigenvalue weighted by molar-refractivity contribution is 6.42. The Bertz CT molecular complexity index is 750. The first kappa shape index (κ1) is 23.3. The van der Waals surface area contributed by atoms with Crippen molar-refractivity contribution in [2.24, 2.45) is 5.92 Å². The Kier molecular flexibility index (Phi) is 8.59. The number of likely N-dealkylation sites (tertiary alicyclic amines) is 1. The van der Waals surface area contributed by atoms with Crippen LogP contribution in [0, 0.1) is 5.92 Å². The molecule has 1 aromatic carbocycles. The summed E-state index contributed by atoms with van der Waals surface area (Å²) in [5, 5.41) is 0.728. The van der Waals surface area contributed by atoms with E-state index in [1.807, 2.05) is 0 Å². The number of halogens is 2. The number of likely N-dealkylation sites (N-methyl/N-ethyl adjacent to an activating group) is 1. The van der Waals surface area contributed by atoms with E-state index in [0.29, 0.717) is 48.3 Å². The first-order valence-corrected chi connectivity index (χ1v) is 10.3. The summed E-state index contributed by atoms with van der Waals surface area (Å²) < 4.78 is 10.7. The number of carbonyl (C=O) groups excluding carboxylic acids is 3. The molecule has 2 amide bonds. The molecular formula is C20H26Cl2N2O5. The molecule has 160 valence electrons. The monoisotopic (exact) mass is 444 g/mol. The van der Waals surface area contributed by atoms with Gasteiger partial charge in [0.05, 0.1) is 29.1 Å². The number of rotatable bonds is 7. The van der Waals surface area contributed by atoms with Gasteiger partial charge in [-0.1, -0.05) is 23.2 Å². The SMILES string of the molecule is CCOC(=O)C1CCN(C(=O)CN(C)C(=O)C(C)Oc2ccc(Cl)c(Cl)c2)CC1. The van der Waals surface area contributed by atoms with Crippen LogP contribution >= 0.6 is 23.2 Å². The maximum absolute atomic E-state index is 12.5. The summed E-state index contributed by atoms with van der Waals surface area (Å²) in [7, 11) is 1.56. The molecule has 1 atom stereocenters. The van der Waals surface area contributed by atoms with Crippen molar-refractivity contribution in [3.05, 3.63) is 28.2 Å². The van der Waals surface area contributed by atoms with E-state index in [9.17, 15) is 14.4 Å². The minimum absolute atomic E-state index is 0.0576. The van der Waals surface area contributed by atoms with Crippen molar-refractivity contribution in [1.29, 1.82) is 0 Å². The molecule has 0 saturated carbocycles. The fourth-order valence-electron chi connectivity index (χ4n) is 3.12. The fourth-order valence-corrected chi connectivity index (χ4v) is 3.41. The van der Waals surface area contributed by atoms with Gasteiger partial charge in [-0.05, 0) is 38.8 Å². The van der Waals surface area contributed by atoms with Crippen LogP contribution in [-0.2, 0) is 19.1 Å². The van der Waals surface area contributed by atoms with Crippen LogP contribution in [0.25, 0.3) is 0 Å². The number of ether oxygens (including phenoxy) is 2. The zero-order chi connectivity index (χ0) is 21.6. The fraction of sp³-hybridized carbons (Fsp3) is 0.550. The normalized spacial score (nSPS) is 15.6. The lowest BCUT2D eigenvalue weighted by molar-refractivity contribution is -0.151. The van der Waals surface area contributed by atoms with E-state index in [0.717, 1.165) is 0 Å². The van der Waals surface area contributed by atoms with E-state index in [1.165, 1.54) is 11.0 Å². The van der Waals surface area contributed by atoms with E-state index in [4.69, 9.17) is 32.7 Å². The van der Waals surface area contributed by atoms with Crippen LogP contribution in [0.4, 0.5) is 0 Å². The average Bonchev–Trinajstić information content (AvgIpc) is 2.70. The molecule has 1 aliphatic heterocycles. The first-order chi connectivity index (χ1) is 13.7. The predicted octanol–water partition coefficient (Wildman–Crippen LogP) is 3.02. The highest BCUT2D eigenvalue weighted by Gasteiger charge is 2.29. The van der Waals surface area contributed by atoms with Gasteiger partial charge in [0, 0.05) is 26.2 Å². The van der Waals surface area contributed by atoms with Crippen molar-refractivity contribution in [2.75, 3.05) is 33.3 Å². The Morgan fingerprint density at radius 3 is 2.45 bits per heavy atom. The van der Waals surface area contributed by atoms with Gasteiger partial charge in [-0.15, -0.1) is 0 Å². The van der Waals surface area contributed by atoms with E-state index in [1.54, 1.807) is 37.9 Å². The molecule has 0 radical (unpaired) electrons. The number of esters is 1. The minimum Gasteiger partial charge on any atom is -0.481 e. The highest BCUT2D eigenvalue weighted by Crippen LogP contribution is 2.27. The lowest BCUT2D eigenvalue weighted by atomic mass is 9.97. The second kappa shape index (κ2) is 10.7. The Labute approximate surface area is 180 Å². The van der Waals surface area contributed by atoms with Crippen LogP contribution in [0.2, 0.25) is 10.0 Å². The van der Waals surface area contributed by atoms with Gasteiger partial charge in [-0.2, -0.15) is 0 Å². The average molecular weight is 445 g/mol. The molecule has 9 heteroatoms. The topological polar surface area (TPSA) is 76.2 Å². The summed E-state index contributed by atoms with van der Waals surface area (Å²) >= 11 is 11.8. The molecule has 1 aromatic rings. The number of benzene rings is 1. The van der Waals surface area contributed by atoms with Crippen molar-refractivity contribution in [3.63, 3.8) is 0 Å². The quantitative estimate of drug-likeness (QED) is 0.604. The van der Waals surface area contributed by atoms with Crippen LogP contribution < -0.4 is 4.74 Å². The van der Waals surface area contributed by atoms with Crippen LogP contribution in [0.3, 0.4) is 0 Å². The van der Waals surface area contributed by atoms with Crippen molar-refractivity contribution < 1.29 is 23.9 Å². The molecule has 1 heterocycles. The molecule has 2 rings (SSSR count). The molecule has 1 fully saturated rings. The molecule has 29 heavy (non-hydrogen) atoms. The lowest BCUT2D eigenvalue weighted by Gasteiger charge is -2.32. The molecule has 0 aromatic heterocycles. The van der Waals surface area contributed by atoms with Gasteiger partial charge < -0.3 is 19.3 Å². The Balaban J connectivity index is 1.83. The van der Waals surface area contributed by atoms with Gasteiger partial charge in [0.2, 0.25) is 5.91 Å². The molecule has 1 unspecified atom stereocenters. The molecule has 1 saturated heterocycles. The van der Waals surface area contributed by atoms with Gasteiger partial charge >= 0.3 is 5.97 Å². The van der Waals surface area contributed by atoms with Crippen molar-refractivity contribution in [2.45, 2.75) is 32.8 Å². The summed E-state index contributed by atoms with van der Waals surface area (Å²) in [5.74, 6) is -0.449. The number of piperidine rings is 1. The molecule has 0 bridgehead atoms. The van der Waals surface area contributed by atoms with Gasteiger partial charge in [-0.25, -0.2) is 0 Å². The lowest BCUT2D eigenvalue weighted by Crippen LogP contribution is -2.47. The Hall–Kier alpha value is -1.99. The molecular weight excluding hydrogens is 419 g/mol. The smallest absolute Gasteiger partial charge is 0.309 e. The standard InChI is InChI=1S/C20H26Cl2N2O5/c1-4-28-20(27)14-7-9-24(10-8-14)18(25)12-23(3)19(26)13(2)29-15-5-6-16(21)17(22)11-15/h5-6,11,13-14H,4,7-10,12H2,1-3H3. The summed E-state index contributed by atoms with van der Waals surface area (Å²) in [6, 6.07) is 4.74. The second-order valence-corrected chi connectivity index (χ2v) is 7.75. The molecule has 1 aliphatic rings. The van der Waals surface area contributed by atoms with Crippen LogP contribution in [0.1, 0.15) is 26.7 Å². The highest BCUT2D eigenvalue weighted by atomic mass is 35.5. The molecule has 0 aliphatic carbocycles. The van der Waals surface area contributed by atoms with Gasteiger partial charge in [-0.3, -0.25) is 14.4 Å². The number of hydrogen-bond donors (Lipinski definition) is 0. The molecule has 0 N–H and O–H groups in total. The van der Waals surface area contributed by atoms with E-state index < -0.39 is 6.10 Å². The number of hydrogen-bond acceptors (Lipinski definition) is 5. The maximum Gasteiger partial charge on any atom is 0.309 e. The van der Waals surface area contributed by atoms with Gasteiger partial charge in [0.1, 0.15) is 5.75 Å². The Morgan fingerprint density at radius 1 is 1.21 bits per heavy atom. The van der Waals surface area contributed by atoms with Gasteiger partial charge in [0.25, 0.3) is 5.91 Å². The maximum atomic E-state index is 12.5. The van der Waals surface area contributed by atoms with Crippen LogP contribution in [0.15, 0.2) is 18.2 Å². The predicted molar refractivity (Wildman–Crippen MR) is 110 cm³/mol. The summed E-state index contributed by atoms with van der Waals surface area (Å²) in [6.45, 7) is 4.62. The van der Waals surface area contributed by atoms with Crippen molar-refractivity contribution in [3.8, 4) is 5.75 Å². The molecule has 0 spiro atoms.